The van der Waals surface area contributed by atoms with Crippen LogP contribution in [0, 0.1) is 0 Å². The molecule has 252 valence electrons. The lowest BCUT2D eigenvalue weighted by Gasteiger charge is -2.26. The number of likely N-dealkylation sites (N-methyl/N-ethyl adjacent to an activating group) is 1. The fourth-order valence-electron chi connectivity index (χ4n) is 5.20. The van der Waals surface area contributed by atoms with E-state index in [-0.39, 0.29) is 25.1 Å². The number of nitrogens with zero attached hydrogens (tertiary/aromatic N) is 2. The number of carbonyl (C=O) groups excluding carboxylic acids is 2. The van der Waals surface area contributed by atoms with Gasteiger partial charge in [0, 0.05) is 24.6 Å². The molecule has 7 heteroatoms. The summed E-state index contributed by atoms with van der Waals surface area (Å²) in [4.78, 5) is 30.6. The first-order chi connectivity index (χ1) is 22.8. The summed E-state index contributed by atoms with van der Waals surface area (Å²) in [5.41, 5.74) is 8.09. The van der Waals surface area contributed by atoms with Crippen LogP contribution in [-0.4, -0.2) is 60.0 Å². The third-order valence-corrected chi connectivity index (χ3v) is 8.02. The van der Waals surface area contributed by atoms with Gasteiger partial charge in [0.15, 0.2) is 0 Å². The van der Waals surface area contributed by atoms with Crippen molar-refractivity contribution in [2.24, 2.45) is 0 Å². The minimum Gasteiger partial charge on any atom is -0.394 e. The molecule has 3 N–H and O–H groups in total. The number of hydrogen-bond acceptors (Lipinski definition) is 6. The number of benzene rings is 2. The third kappa shape index (κ3) is 12.8. The van der Waals surface area contributed by atoms with E-state index in [0.29, 0.717) is 12.2 Å². The van der Waals surface area contributed by atoms with E-state index in [9.17, 15) is 14.7 Å². The van der Waals surface area contributed by atoms with Crippen LogP contribution >= 0.6 is 0 Å². The average molecular weight is 639 g/mol. The van der Waals surface area contributed by atoms with Crippen LogP contribution in [0.25, 0.3) is 11.8 Å². The number of aliphatic hydroxyl groups excluding tert-OH is 1. The summed E-state index contributed by atoms with van der Waals surface area (Å²) in [5, 5.41) is 15.7. The van der Waals surface area contributed by atoms with Crippen LogP contribution in [-0.2, 0) is 22.4 Å². The monoisotopic (exact) mass is 638 g/mol. The molecule has 3 rings (SSSR count). The first kappa shape index (κ1) is 38.9. The molecule has 0 bridgehead atoms. The van der Waals surface area contributed by atoms with E-state index in [1.807, 2.05) is 102 Å². The highest BCUT2D eigenvalue weighted by Crippen LogP contribution is 2.22. The van der Waals surface area contributed by atoms with Gasteiger partial charge in [0.2, 0.25) is 0 Å². The van der Waals surface area contributed by atoms with E-state index < -0.39 is 0 Å². The molecule has 1 heterocycles. The number of allylic oxidation sites excluding steroid dienone is 2. The number of aromatic nitrogens is 1. The van der Waals surface area contributed by atoms with Gasteiger partial charge in [0.25, 0.3) is 5.91 Å². The standard InChI is InChI=1S/C26H32N2O2.C14H22N2O/c1-4-21(3)25(27-18-12-15-22-13-8-6-9-14-22)26(30)28(19-20-29)24(5-2)23-16-10-7-11-17-23;1-4-5-12-6-7-16-9-13(12)8-11(2)14(10-17)15-3/h5-11,13-14,16-17,20,27H,4,12,15,18-19H2,1-3H3;6-9,14-15,17H,4-5,10H2,1-3H3/b24-5-,25-21?;11-8+. The maximum Gasteiger partial charge on any atom is 0.274 e. The Labute approximate surface area is 282 Å². The van der Waals surface area contributed by atoms with Gasteiger partial charge < -0.3 is 20.5 Å². The Morgan fingerprint density at radius 3 is 2.26 bits per heavy atom. The molecule has 0 fully saturated rings. The predicted octanol–water partition coefficient (Wildman–Crippen LogP) is 7.00. The summed E-state index contributed by atoms with van der Waals surface area (Å²) < 4.78 is 0. The number of nitrogens with one attached hydrogen (secondary N) is 2. The molecule has 1 unspecified atom stereocenters. The molecule has 7 nitrogen and oxygen atoms in total. The fourth-order valence-corrected chi connectivity index (χ4v) is 5.20. The smallest absolute Gasteiger partial charge is 0.274 e. The number of aldehydes is 1. The Balaban J connectivity index is 0.000000382. The van der Waals surface area contributed by atoms with Crippen molar-refractivity contribution in [1.82, 2.24) is 20.5 Å². The second-order valence-electron chi connectivity index (χ2n) is 11.4. The molecular formula is C40H54N4O3. The fraction of sp³-hybridized carbons (Fsp3) is 0.375. The molecule has 2 aromatic carbocycles. The second kappa shape index (κ2) is 22.2. The van der Waals surface area contributed by atoms with Crippen molar-refractivity contribution in [3.05, 3.63) is 124 Å². The zero-order valence-corrected chi connectivity index (χ0v) is 29.1. The van der Waals surface area contributed by atoms with Gasteiger partial charge in [-0.15, -0.1) is 0 Å². The van der Waals surface area contributed by atoms with E-state index in [0.717, 1.165) is 66.4 Å². The maximum atomic E-state index is 13.5. The van der Waals surface area contributed by atoms with Gasteiger partial charge in [0.1, 0.15) is 6.29 Å². The number of amides is 1. The van der Waals surface area contributed by atoms with Crippen molar-refractivity contribution in [3.63, 3.8) is 0 Å². The van der Waals surface area contributed by atoms with Crippen LogP contribution in [0.4, 0.5) is 0 Å². The van der Waals surface area contributed by atoms with Gasteiger partial charge in [-0.3, -0.25) is 14.7 Å². The summed E-state index contributed by atoms with van der Waals surface area (Å²) in [6.45, 7) is 10.9. The van der Waals surface area contributed by atoms with Gasteiger partial charge in [-0.1, -0.05) is 98.7 Å². The number of hydrogen-bond donors (Lipinski definition) is 3. The molecule has 0 saturated carbocycles. The van der Waals surface area contributed by atoms with E-state index in [2.05, 4.69) is 46.8 Å². The molecule has 0 aliphatic carbocycles. The van der Waals surface area contributed by atoms with Crippen LogP contribution < -0.4 is 10.6 Å². The molecule has 0 aliphatic rings. The lowest BCUT2D eigenvalue weighted by atomic mass is 10.0. The second-order valence-corrected chi connectivity index (χ2v) is 11.4. The number of carbonyl (C=O) groups is 2. The number of aliphatic hydroxyl groups is 1. The lowest BCUT2D eigenvalue weighted by Crippen LogP contribution is -2.37. The highest BCUT2D eigenvalue weighted by molar-refractivity contribution is 6.00. The molecule has 0 spiro atoms. The summed E-state index contributed by atoms with van der Waals surface area (Å²) in [6.07, 6.45) is 13.3. The molecule has 0 radical (unpaired) electrons. The molecule has 1 amide bonds. The Kier molecular flexibility index (Phi) is 18.4. The molecule has 1 aromatic heterocycles. The quantitative estimate of drug-likeness (QED) is 0.0838. The summed E-state index contributed by atoms with van der Waals surface area (Å²) in [7, 11) is 1.86. The first-order valence-electron chi connectivity index (χ1n) is 16.7. The number of pyridine rings is 1. The van der Waals surface area contributed by atoms with Gasteiger partial charge in [-0.25, -0.2) is 0 Å². The normalized spacial score (nSPS) is 12.7. The van der Waals surface area contributed by atoms with Crippen molar-refractivity contribution in [3.8, 4) is 0 Å². The summed E-state index contributed by atoms with van der Waals surface area (Å²) in [6, 6.07) is 22.1. The Hall–Kier alpha value is -4.33. The Morgan fingerprint density at radius 2 is 1.68 bits per heavy atom. The molecular weight excluding hydrogens is 584 g/mol. The van der Waals surface area contributed by atoms with E-state index in [4.69, 9.17) is 0 Å². The number of rotatable bonds is 17. The van der Waals surface area contributed by atoms with Gasteiger partial charge in [-0.05, 0) is 87.4 Å². The highest BCUT2D eigenvalue weighted by atomic mass is 16.3. The van der Waals surface area contributed by atoms with Crippen molar-refractivity contribution in [2.45, 2.75) is 72.8 Å². The Bertz CT molecular complexity index is 1440. The minimum atomic E-state index is -0.168. The van der Waals surface area contributed by atoms with Gasteiger partial charge >= 0.3 is 0 Å². The SMILES string of the molecule is C/C=C(/c1ccccc1)N(CC=O)C(=O)C(NCCCc1ccccc1)=C(C)CC.CCCc1ccncc1/C=C(\C)C(CO)NC. The Morgan fingerprint density at radius 1 is 1.00 bits per heavy atom. The van der Waals surface area contributed by atoms with E-state index in [1.54, 1.807) is 4.90 Å². The van der Waals surface area contributed by atoms with Crippen LogP contribution in [0.15, 0.2) is 102 Å². The molecule has 47 heavy (non-hydrogen) atoms. The van der Waals surface area contributed by atoms with Crippen LogP contribution in [0.5, 0.6) is 0 Å². The van der Waals surface area contributed by atoms with E-state index in [1.165, 1.54) is 11.1 Å². The predicted molar refractivity (Wildman–Crippen MR) is 195 cm³/mol. The lowest BCUT2D eigenvalue weighted by molar-refractivity contribution is -0.126. The zero-order chi connectivity index (χ0) is 34.4. The minimum absolute atomic E-state index is 0.0135. The van der Waals surface area contributed by atoms with Gasteiger partial charge in [0.05, 0.1) is 24.9 Å². The van der Waals surface area contributed by atoms with Crippen molar-refractivity contribution < 1.29 is 14.7 Å². The molecule has 1 atom stereocenters. The summed E-state index contributed by atoms with van der Waals surface area (Å²) in [5.74, 6) is -0.168. The molecule has 0 aliphatic heterocycles. The van der Waals surface area contributed by atoms with Crippen LogP contribution in [0.3, 0.4) is 0 Å². The first-order valence-corrected chi connectivity index (χ1v) is 16.7. The average Bonchev–Trinajstić information content (AvgIpc) is 3.10. The maximum absolute atomic E-state index is 13.5. The van der Waals surface area contributed by atoms with Crippen LogP contribution in [0.1, 0.15) is 76.1 Å². The topological polar surface area (TPSA) is 94.6 Å². The molecule has 3 aromatic rings. The largest absolute Gasteiger partial charge is 0.394 e. The van der Waals surface area contributed by atoms with Crippen molar-refractivity contribution in [2.75, 3.05) is 26.7 Å². The van der Waals surface area contributed by atoms with Gasteiger partial charge in [-0.2, -0.15) is 0 Å². The number of aryl methyl sites for hydroxylation is 2. The summed E-state index contributed by atoms with van der Waals surface area (Å²) >= 11 is 0. The zero-order valence-electron chi connectivity index (χ0n) is 29.1. The highest BCUT2D eigenvalue weighted by Gasteiger charge is 2.23. The van der Waals surface area contributed by atoms with Crippen molar-refractivity contribution in [1.29, 1.82) is 0 Å². The third-order valence-electron chi connectivity index (χ3n) is 8.02. The molecule has 0 saturated heterocycles. The van der Waals surface area contributed by atoms with E-state index >= 15 is 0 Å². The van der Waals surface area contributed by atoms with Crippen LogP contribution in [0.2, 0.25) is 0 Å². The van der Waals surface area contributed by atoms with Crippen molar-refractivity contribution >= 4 is 24.0 Å².